The fourth-order valence-electron chi connectivity index (χ4n) is 3.60. The van der Waals surface area contributed by atoms with Crippen LogP contribution in [0.2, 0.25) is 0 Å². The van der Waals surface area contributed by atoms with E-state index in [1.165, 1.54) is 0 Å². The maximum atomic E-state index is 12.6. The molecule has 2 aromatic rings. The first-order chi connectivity index (χ1) is 17.1. The van der Waals surface area contributed by atoms with Crippen LogP contribution in [0.25, 0.3) is 0 Å². The number of hydroxylamine groups is 1. The van der Waals surface area contributed by atoms with Crippen molar-refractivity contribution in [2.24, 2.45) is 16.5 Å². The van der Waals surface area contributed by atoms with Gasteiger partial charge in [-0.25, -0.2) is 9.69 Å². The second-order valence-corrected chi connectivity index (χ2v) is 9.48. The van der Waals surface area contributed by atoms with Crippen molar-refractivity contribution in [1.29, 1.82) is 0 Å². The second-order valence-electron chi connectivity index (χ2n) is 8.44. The summed E-state index contributed by atoms with van der Waals surface area (Å²) in [6.07, 6.45) is 0.196. The number of nitrogens with zero attached hydrogens (tertiary/aromatic N) is 1. The zero-order valence-electron chi connectivity index (χ0n) is 21.2. The van der Waals surface area contributed by atoms with Crippen LogP contribution in [-0.4, -0.2) is 53.5 Å². The Balaban J connectivity index is 1.72. The van der Waals surface area contributed by atoms with Gasteiger partial charge in [-0.1, -0.05) is 30.3 Å². The number of nitrogens with one attached hydrogen (secondary N) is 2. The minimum Gasteiger partial charge on any atom is -0.496 e. The molecule has 0 aliphatic rings. The molecule has 2 aromatic carbocycles. The molecule has 2 rings (SSSR count). The zero-order valence-corrected chi connectivity index (χ0v) is 22.1. The molecule has 0 spiro atoms. The van der Waals surface area contributed by atoms with Gasteiger partial charge in [0, 0.05) is 19.1 Å². The van der Waals surface area contributed by atoms with Crippen molar-refractivity contribution in [1.82, 2.24) is 10.8 Å². The van der Waals surface area contributed by atoms with Crippen LogP contribution in [0.4, 0.5) is 0 Å². The Morgan fingerprint density at radius 2 is 1.89 bits per heavy atom. The Morgan fingerprint density at radius 1 is 1.19 bits per heavy atom. The Labute approximate surface area is 215 Å². The van der Waals surface area contributed by atoms with E-state index in [4.69, 9.17) is 20.5 Å². The number of carbonyl (C=O) groups is 1. The molecule has 3 unspecified atom stereocenters. The summed E-state index contributed by atoms with van der Waals surface area (Å²) in [7, 11) is 1.59. The van der Waals surface area contributed by atoms with Crippen molar-refractivity contribution in [3.63, 3.8) is 0 Å². The van der Waals surface area contributed by atoms with Crippen molar-refractivity contribution >= 4 is 22.9 Å². The third-order valence-corrected chi connectivity index (χ3v) is 6.99. The number of amides is 1. The van der Waals surface area contributed by atoms with Crippen LogP contribution < -0.4 is 27.0 Å². The summed E-state index contributed by atoms with van der Waals surface area (Å²) in [4.78, 5) is 16.8. The molecular formula is C25H37N5O5S. The molecule has 3 atom stereocenters. The van der Waals surface area contributed by atoms with Crippen LogP contribution >= 0.6 is 0 Å². The Hall–Kier alpha value is -2.99. The molecular weight excluding hydrogens is 482 g/mol. The van der Waals surface area contributed by atoms with Crippen LogP contribution in [0, 0.1) is 20.8 Å². The molecule has 0 aliphatic heterocycles. The molecule has 0 saturated heterocycles. The van der Waals surface area contributed by atoms with Gasteiger partial charge < -0.3 is 26.6 Å². The number of guanidine groups is 1. The predicted molar refractivity (Wildman–Crippen MR) is 141 cm³/mol. The zero-order chi connectivity index (χ0) is 26.7. The number of hydrogen-bond donors (Lipinski definition) is 5. The first-order valence-corrected chi connectivity index (χ1v) is 12.8. The molecule has 0 heterocycles. The number of aliphatic hydroxyl groups is 1. The third kappa shape index (κ3) is 8.59. The molecule has 1 amide bonds. The normalized spacial score (nSPS) is 14.1. The van der Waals surface area contributed by atoms with Gasteiger partial charge in [-0.2, -0.15) is 4.28 Å². The Morgan fingerprint density at radius 3 is 2.56 bits per heavy atom. The predicted octanol–water partition coefficient (Wildman–Crippen LogP) is 1.31. The standard InChI is InChI=1S/C25H37N5O5S/c1-16-15-21(34-4)17(2)18(3)23(16)36(33)35-30-25(27)29-13-8-11-20(26)22(31)24(32)28-14-12-19-9-6-5-7-10-19/h5-7,9-10,15,20,22,31H,8,11-14,26H2,1-4H3,(H,28,32)(H3,27,29,30). The molecule has 0 aromatic heterocycles. The molecule has 0 radical (unpaired) electrons. The lowest BCUT2D eigenvalue weighted by molar-refractivity contribution is -0.130. The molecule has 0 saturated carbocycles. The van der Waals surface area contributed by atoms with Crippen molar-refractivity contribution in [3.05, 3.63) is 58.7 Å². The van der Waals surface area contributed by atoms with E-state index in [-0.39, 0.29) is 12.5 Å². The average Bonchev–Trinajstić information content (AvgIpc) is 2.87. The van der Waals surface area contributed by atoms with Crippen molar-refractivity contribution in [2.45, 2.75) is 57.1 Å². The van der Waals surface area contributed by atoms with E-state index in [2.05, 4.69) is 15.8 Å². The lowest BCUT2D eigenvalue weighted by atomic mass is 10.1. The summed E-state index contributed by atoms with van der Waals surface area (Å²) < 4.78 is 23.2. The van der Waals surface area contributed by atoms with E-state index in [1.807, 2.05) is 51.1 Å². The number of nitrogens with two attached hydrogens (primary N) is 2. The van der Waals surface area contributed by atoms with Gasteiger partial charge in [-0.3, -0.25) is 9.79 Å². The number of aryl methyl sites for hydroxylation is 1. The summed E-state index contributed by atoms with van der Waals surface area (Å²) in [6, 6.07) is 10.8. The van der Waals surface area contributed by atoms with E-state index in [1.54, 1.807) is 13.2 Å². The Kier molecular flexibility index (Phi) is 11.8. The maximum Gasteiger partial charge on any atom is 0.250 e. The third-order valence-electron chi connectivity index (χ3n) is 5.79. The molecule has 11 heteroatoms. The number of carbonyl (C=O) groups excluding carboxylic acids is 1. The van der Waals surface area contributed by atoms with Gasteiger partial charge >= 0.3 is 0 Å². The van der Waals surface area contributed by atoms with Crippen LogP contribution in [0.1, 0.15) is 35.1 Å². The highest BCUT2D eigenvalue weighted by atomic mass is 32.2. The molecule has 7 N–H and O–H groups in total. The summed E-state index contributed by atoms with van der Waals surface area (Å²) in [6.45, 7) is 6.25. The van der Waals surface area contributed by atoms with Gasteiger partial charge in [0.25, 0.3) is 0 Å². The van der Waals surface area contributed by atoms with Crippen LogP contribution in [-0.2, 0) is 26.6 Å². The van der Waals surface area contributed by atoms with Gasteiger partial charge in [0.05, 0.1) is 12.0 Å². The number of aliphatic hydroxyl groups excluding tert-OH is 1. The van der Waals surface area contributed by atoms with Gasteiger partial charge in [0.1, 0.15) is 11.9 Å². The van der Waals surface area contributed by atoms with Gasteiger partial charge in [-0.15, -0.1) is 0 Å². The summed E-state index contributed by atoms with van der Waals surface area (Å²) in [5.41, 5.74) is 17.7. The van der Waals surface area contributed by atoms with Crippen molar-refractivity contribution in [3.8, 4) is 5.75 Å². The minimum absolute atomic E-state index is 0.0448. The molecule has 36 heavy (non-hydrogen) atoms. The largest absolute Gasteiger partial charge is 0.496 e. The van der Waals surface area contributed by atoms with E-state index >= 15 is 0 Å². The minimum atomic E-state index is -1.81. The summed E-state index contributed by atoms with van der Waals surface area (Å²) >= 11 is -1.81. The van der Waals surface area contributed by atoms with Crippen molar-refractivity contribution in [2.75, 3.05) is 20.2 Å². The number of hydrogen-bond acceptors (Lipinski definition) is 7. The maximum absolute atomic E-state index is 12.6. The monoisotopic (exact) mass is 519 g/mol. The van der Waals surface area contributed by atoms with Crippen LogP contribution in [0.3, 0.4) is 0 Å². The molecule has 10 nitrogen and oxygen atoms in total. The van der Waals surface area contributed by atoms with E-state index in [0.29, 0.717) is 36.5 Å². The molecule has 0 aliphatic carbocycles. The van der Waals surface area contributed by atoms with Gasteiger partial charge in [0.15, 0.2) is 0 Å². The fourth-order valence-corrected chi connectivity index (χ4v) is 4.57. The second kappa shape index (κ2) is 14.5. The highest BCUT2D eigenvalue weighted by Gasteiger charge is 2.22. The topological polar surface area (TPSA) is 161 Å². The lowest BCUT2D eigenvalue weighted by Gasteiger charge is -2.18. The number of rotatable bonds is 13. The molecule has 0 bridgehead atoms. The fraction of sp³-hybridized carbons (Fsp3) is 0.440. The lowest BCUT2D eigenvalue weighted by Crippen LogP contribution is -2.46. The van der Waals surface area contributed by atoms with Crippen LogP contribution in [0.15, 0.2) is 46.3 Å². The number of benzene rings is 2. The van der Waals surface area contributed by atoms with Gasteiger partial charge in [0.2, 0.25) is 22.9 Å². The number of aliphatic imine (C=N–C) groups is 1. The smallest absolute Gasteiger partial charge is 0.250 e. The highest BCUT2D eigenvalue weighted by molar-refractivity contribution is 7.80. The van der Waals surface area contributed by atoms with E-state index < -0.39 is 29.1 Å². The molecule has 198 valence electrons. The molecule has 0 fully saturated rings. The SMILES string of the molecule is COc1cc(C)c(S(=O)ONC(N)=NCCCC(N)C(O)C(=O)NCCc2ccccc2)c(C)c1C. The number of ether oxygens (including phenoxy) is 1. The summed E-state index contributed by atoms with van der Waals surface area (Å²) in [5.74, 6) is 0.169. The van der Waals surface area contributed by atoms with Crippen molar-refractivity contribution < 1.29 is 23.1 Å². The van der Waals surface area contributed by atoms with E-state index in [0.717, 1.165) is 22.3 Å². The first-order valence-electron chi connectivity index (χ1n) is 11.7. The summed E-state index contributed by atoms with van der Waals surface area (Å²) in [5, 5.41) is 12.9. The quantitative estimate of drug-likeness (QED) is 0.115. The Bertz CT molecular complexity index is 1060. The highest BCUT2D eigenvalue weighted by Crippen LogP contribution is 2.29. The first kappa shape index (κ1) is 29.2. The number of methoxy groups -OCH3 is 1. The van der Waals surface area contributed by atoms with Crippen LogP contribution in [0.5, 0.6) is 5.75 Å². The van der Waals surface area contributed by atoms with Gasteiger partial charge in [-0.05, 0) is 68.4 Å². The average molecular weight is 520 g/mol. The van der Waals surface area contributed by atoms with E-state index in [9.17, 15) is 14.1 Å².